The molecule has 2 aromatic rings. The first kappa shape index (κ1) is 28.3. The van der Waals surface area contributed by atoms with Gasteiger partial charge in [0.05, 0.1) is 14.7 Å². The molecule has 0 saturated carbocycles. The van der Waals surface area contributed by atoms with Crippen molar-refractivity contribution in [1.82, 2.24) is 4.48 Å². The number of halogens is 5. The summed E-state index contributed by atoms with van der Waals surface area (Å²) in [4.78, 5) is 0. The number of fused-ring (bicyclic) bond motifs is 2. The number of allylic oxidation sites excluding steroid dienone is 2. The zero-order valence-electron chi connectivity index (χ0n) is 20.4. The van der Waals surface area contributed by atoms with E-state index in [0.29, 0.717) is 22.8 Å². The van der Waals surface area contributed by atoms with Crippen LogP contribution in [0.4, 0.5) is 8.63 Å². The van der Waals surface area contributed by atoms with E-state index in [1.807, 2.05) is 33.8 Å². The Morgan fingerprint density at radius 3 is 2.38 bits per heavy atom. The van der Waals surface area contributed by atoms with Gasteiger partial charge in [-0.3, -0.25) is 0 Å². The smallest absolute Gasteiger partial charge is 0.737 e. The average molecular weight is 803 g/mol. The molecule has 0 unspecified atom stereocenters. The van der Waals surface area contributed by atoms with E-state index in [0.717, 1.165) is 42.4 Å². The van der Waals surface area contributed by atoms with Crippen molar-refractivity contribution in [3.05, 3.63) is 65.5 Å². The molecule has 0 N–H and O–H groups in total. The minimum absolute atomic E-state index is 0. The van der Waals surface area contributed by atoms with Crippen LogP contribution >= 0.6 is 45.2 Å². The van der Waals surface area contributed by atoms with E-state index >= 15 is 8.63 Å². The molecular weight excluding hydrogens is 772 g/mol. The summed E-state index contributed by atoms with van der Waals surface area (Å²) in [5.74, 6) is 0. The van der Waals surface area contributed by atoms with Gasteiger partial charge in [0.2, 0.25) is 0 Å². The summed E-state index contributed by atoms with van der Waals surface area (Å²) >= 11 is 4.44. The van der Waals surface area contributed by atoms with E-state index < -0.39 is 6.97 Å². The summed E-state index contributed by atoms with van der Waals surface area (Å²) in [6, 6.07) is 4.12. The minimum atomic E-state index is -3.97. The summed E-state index contributed by atoms with van der Waals surface area (Å²) in [7, 11) is 0. The molecule has 3 nitrogen and oxygen atoms in total. The molecule has 2 aromatic heterocycles. The first-order chi connectivity index (χ1) is 15.6. The van der Waals surface area contributed by atoms with Crippen molar-refractivity contribution in [2.24, 2.45) is 0 Å². The number of aromatic nitrogens is 2. The van der Waals surface area contributed by atoms with E-state index in [-0.39, 0.29) is 24.0 Å². The average Bonchev–Trinajstić information content (AvgIpc) is 3.15. The first-order valence-electron chi connectivity index (χ1n) is 11.8. The van der Waals surface area contributed by atoms with Crippen LogP contribution in [-0.2, 0) is 6.54 Å². The topological polar surface area (TPSA) is 11.8 Å². The van der Waals surface area contributed by atoms with Gasteiger partial charge in [-0.15, -0.1) is 0 Å². The fraction of sp³-hybridized carbons (Fsp3) is 0.440. The van der Waals surface area contributed by atoms with Gasteiger partial charge in [0.25, 0.3) is 0 Å². The number of hydrogen-bond donors (Lipinski definition) is 0. The second kappa shape index (κ2) is 11.0. The Morgan fingerprint density at radius 2 is 1.71 bits per heavy atom. The number of nitrogens with zero attached hydrogens (tertiary/aromatic N) is 3. The van der Waals surface area contributed by atoms with Crippen LogP contribution in [0, 0.1) is 17.4 Å². The molecule has 0 aromatic carbocycles. The third kappa shape index (κ3) is 4.59. The van der Waals surface area contributed by atoms with Crippen molar-refractivity contribution in [3.63, 3.8) is 0 Å². The number of pyridine rings is 1. The van der Waals surface area contributed by atoms with Crippen LogP contribution in [0.3, 0.4) is 0 Å². The molecule has 34 heavy (non-hydrogen) atoms. The number of unbranched alkanes of at least 4 members (excludes halogenated alkanes) is 4. The van der Waals surface area contributed by atoms with Crippen LogP contribution in [-0.4, -0.2) is 21.6 Å². The van der Waals surface area contributed by atoms with Crippen molar-refractivity contribution in [2.75, 3.05) is 0 Å². The Balaban J connectivity index is 0.00000324. The maximum absolute atomic E-state index is 16.1. The highest BCUT2D eigenvalue weighted by atomic mass is 127. The molecule has 184 valence electrons. The number of hydrogen-bond acceptors (Lipinski definition) is 0. The Hall–Kier alpha value is -0.305. The van der Waals surface area contributed by atoms with Gasteiger partial charge < -0.3 is 41.6 Å². The minimum Gasteiger partial charge on any atom is -1.00 e. The molecule has 2 aliphatic rings. The van der Waals surface area contributed by atoms with Crippen molar-refractivity contribution in [1.29, 1.82) is 0 Å². The zero-order chi connectivity index (χ0) is 24.1. The molecule has 0 spiro atoms. The van der Waals surface area contributed by atoms with Crippen LogP contribution in [0.15, 0.2) is 39.4 Å². The summed E-state index contributed by atoms with van der Waals surface area (Å²) in [6.07, 6.45) is 10.4. The molecule has 0 saturated heterocycles. The van der Waals surface area contributed by atoms with E-state index in [9.17, 15) is 0 Å². The van der Waals surface area contributed by atoms with Gasteiger partial charge in [-0.05, 0) is 89.7 Å². The molecule has 0 atom stereocenters. The largest absolute Gasteiger partial charge is 1.00 e. The fourth-order valence-electron chi connectivity index (χ4n) is 5.26. The lowest BCUT2D eigenvalue weighted by Crippen LogP contribution is -3.00. The van der Waals surface area contributed by atoms with Gasteiger partial charge in [0.1, 0.15) is 12.3 Å². The highest BCUT2D eigenvalue weighted by molar-refractivity contribution is 14.1. The lowest BCUT2D eigenvalue weighted by Gasteiger charge is -2.33. The second-order valence-electron chi connectivity index (χ2n) is 9.19. The van der Waals surface area contributed by atoms with Gasteiger partial charge >= 0.3 is 6.97 Å². The van der Waals surface area contributed by atoms with Gasteiger partial charge in [0.15, 0.2) is 18.1 Å². The van der Waals surface area contributed by atoms with E-state index in [1.165, 1.54) is 34.6 Å². The number of aryl methyl sites for hydroxylation is 1. The summed E-state index contributed by atoms with van der Waals surface area (Å²) < 4.78 is 38.9. The molecule has 0 aliphatic carbocycles. The van der Waals surface area contributed by atoms with Crippen molar-refractivity contribution in [2.45, 2.75) is 73.3 Å². The Labute approximate surface area is 246 Å². The molecule has 4 heterocycles. The lowest BCUT2D eigenvalue weighted by atomic mass is 9.84. The third-order valence-corrected chi connectivity index (χ3v) is 10.1. The predicted octanol–water partition coefficient (Wildman–Crippen LogP) is 4.16. The third-order valence-electron chi connectivity index (χ3n) is 6.97. The van der Waals surface area contributed by atoms with E-state index in [2.05, 4.69) is 75.1 Å². The van der Waals surface area contributed by atoms with Gasteiger partial charge in [-0.2, -0.15) is 0 Å². The normalized spacial score (nSPS) is 16.7. The van der Waals surface area contributed by atoms with Crippen molar-refractivity contribution >= 4 is 63.4 Å². The van der Waals surface area contributed by atoms with Crippen LogP contribution in [0.1, 0.15) is 75.4 Å². The predicted molar refractivity (Wildman–Crippen MR) is 149 cm³/mol. The van der Waals surface area contributed by atoms with Crippen molar-refractivity contribution in [3.8, 4) is 0 Å². The number of rotatable bonds is 7. The van der Waals surface area contributed by atoms with Crippen LogP contribution in [0.5, 0.6) is 0 Å². The zero-order valence-corrected chi connectivity index (χ0v) is 26.8. The Morgan fingerprint density at radius 1 is 1.03 bits per heavy atom. The molecule has 0 amide bonds. The SMILES string of the molecule is CCCCCCC[n+]1cccc(C2=C3C(C)=C(I)C(C)=[N+]3[B-](F)(F)n3c(C)c(I)c(C)c32)c1.[I-]. The van der Waals surface area contributed by atoms with Crippen LogP contribution in [0.25, 0.3) is 5.57 Å². The maximum atomic E-state index is 16.1. The highest BCUT2D eigenvalue weighted by Crippen LogP contribution is 2.47. The molecule has 4 rings (SSSR count). The van der Waals surface area contributed by atoms with Gasteiger partial charge in [-0.1, -0.05) is 26.2 Å². The molecular formula is C25H31BF2I3N3. The second-order valence-corrected chi connectivity index (χ2v) is 11.4. The monoisotopic (exact) mass is 803 g/mol. The Kier molecular flexibility index (Phi) is 9.13. The maximum Gasteiger partial charge on any atom is 0.737 e. The molecule has 9 heteroatoms. The molecule has 0 bridgehead atoms. The van der Waals surface area contributed by atoms with Crippen LogP contribution < -0.4 is 28.5 Å². The Bertz CT molecular complexity index is 1230. The fourth-order valence-corrected chi connectivity index (χ4v) is 6.29. The molecule has 0 radical (unpaired) electrons. The van der Waals surface area contributed by atoms with Crippen LogP contribution in [0.2, 0.25) is 0 Å². The summed E-state index contributed by atoms with van der Waals surface area (Å²) in [5, 5.41) is 0. The summed E-state index contributed by atoms with van der Waals surface area (Å²) in [5.41, 5.74) is 6.36. The van der Waals surface area contributed by atoms with Gasteiger partial charge in [0, 0.05) is 34.2 Å². The van der Waals surface area contributed by atoms with Crippen molar-refractivity contribution < 1.29 is 41.7 Å². The first-order valence-corrected chi connectivity index (χ1v) is 13.9. The standard InChI is InChI=1S/C25H31BF2I2N3.HI/c1-6-7-8-9-10-13-31-14-11-12-20(15-31)21-24-16(2)22(29)18(4)32(24)26(27,28)33-19(5)23(30)17(3)25(21)33;/h11-12,14-15H,6-10,13H2,1-5H3;1H/q+1;/p-1. The quantitative estimate of drug-likeness (QED) is 0.173. The molecule has 0 fully saturated rings. The van der Waals surface area contributed by atoms with E-state index in [4.69, 9.17) is 0 Å². The highest BCUT2D eigenvalue weighted by Gasteiger charge is 2.57. The van der Waals surface area contributed by atoms with Gasteiger partial charge in [-0.25, -0.2) is 4.57 Å². The summed E-state index contributed by atoms with van der Waals surface area (Å²) in [6.45, 7) is 6.78. The van der Waals surface area contributed by atoms with E-state index in [1.54, 1.807) is 0 Å². The lowest BCUT2D eigenvalue weighted by molar-refractivity contribution is -0.697. The molecule has 2 aliphatic heterocycles.